The van der Waals surface area contributed by atoms with Crippen molar-refractivity contribution in [2.45, 2.75) is 26.2 Å². The van der Waals surface area contributed by atoms with Gasteiger partial charge in [-0.25, -0.2) is 0 Å². The highest BCUT2D eigenvalue weighted by atomic mass is 79.9. The summed E-state index contributed by atoms with van der Waals surface area (Å²) in [4.78, 5) is 26.6. The molecule has 0 bridgehead atoms. The van der Waals surface area contributed by atoms with E-state index in [1.165, 1.54) is 0 Å². The highest BCUT2D eigenvalue weighted by molar-refractivity contribution is 9.10. The SMILES string of the molecule is CCCCN(CCO)C(=O)c1cccc(NC(=O)Cc2ccc(Br)cc2)c1. The number of carbonyl (C=O) groups excluding carboxylic acids is 2. The summed E-state index contributed by atoms with van der Waals surface area (Å²) in [6, 6.07) is 14.5. The van der Waals surface area contributed by atoms with Crippen LogP contribution in [-0.2, 0) is 11.2 Å². The van der Waals surface area contributed by atoms with Gasteiger partial charge in [0, 0.05) is 28.8 Å². The van der Waals surface area contributed by atoms with Crippen LogP contribution < -0.4 is 5.32 Å². The van der Waals surface area contributed by atoms with Crippen LogP contribution in [0.4, 0.5) is 5.69 Å². The van der Waals surface area contributed by atoms with Gasteiger partial charge in [-0.3, -0.25) is 9.59 Å². The van der Waals surface area contributed by atoms with Crippen molar-refractivity contribution in [1.29, 1.82) is 0 Å². The molecule has 0 saturated carbocycles. The van der Waals surface area contributed by atoms with E-state index in [-0.39, 0.29) is 24.8 Å². The lowest BCUT2D eigenvalue weighted by molar-refractivity contribution is -0.115. The minimum atomic E-state index is -0.139. The van der Waals surface area contributed by atoms with Gasteiger partial charge in [0.15, 0.2) is 0 Å². The van der Waals surface area contributed by atoms with Crippen LogP contribution in [0, 0.1) is 0 Å². The lowest BCUT2D eigenvalue weighted by Crippen LogP contribution is -2.34. The molecule has 0 spiro atoms. The smallest absolute Gasteiger partial charge is 0.254 e. The maximum Gasteiger partial charge on any atom is 0.254 e. The summed E-state index contributed by atoms with van der Waals surface area (Å²) >= 11 is 3.37. The summed E-state index contributed by atoms with van der Waals surface area (Å²) in [7, 11) is 0. The van der Waals surface area contributed by atoms with E-state index in [4.69, 9.17) is 0 Å². The number of anilines is 1. The number of aliphatic hydroxyl groups is 1. The molecule has 0 aliphatic carbocycles. The Balaban J connectivity index is 2.03. The van der Waals surface area contributed by atoms with E-state index >= 15 is 0 Å². The molecule has 0 fully saturated rings. The van der Waals surface area contributed by atoms with Crippen LogP contribution in [-0.4, -0.2) is 41.5 Å². The maximum absolute atomic E-state index is 12.7. The van der Waals surface area contributed by atoms with Gasteiger partial charge in [0.1, 0.15) is 0 Å². The third-order valence-corrected chi connectivity index (χ3v) is 4.64. The monoisotopic (exact) mass is 432 g/mol. The van der Waals surface area contributed by atoms with Crippen molar-refractivity contribution in [3.05, 3.63) is 64.1 Å². The van der Waals surface area contributed by atoms with E-state index < -0.39 is 0 Å². The normalized spacial score (nSPS) is 10.5. The first-order chi connectivity index (χ1) is 13.0. The second-order valence-corrected chi connectivity index (χ2v) is 7.22. The van der Waals surface area contributed by atoms with E-state index in [0.29, 0.717) is 24.3 Å². The maximum atomic E-state index is 12.7. The number of benzene rings is 2. The Morgan fingerprint density at radius 3 is 2.52 bits per heavy atom. The Bertz CT molecular complexity index is 762. The molecule has 144 valence electrons. The molecule has 5 nitrogen and oxygen atoms in total. The fourth-order valence-corrected chi connectivity index (χ4v) is 2.95. The minimum absolute atomic E-state index is 0.0704. The predicted molar refractivity (Wildman–Crippen MR) is 111 cm³/mol. The molecule has 0 aliphatic rings. The number of halogens is 1. The Morgan fingerprint density at radius 1 is 1.11 bits per heavy atom. The number of hydrogen-bond donors (Lipinski definition) is 2. The van der Waals surface area contributed by atoms with E-state index in [9.17, 15) is 14.7 Å². The number of carbonyl (C=O) groups is 2. The molecule has 0 aliphatic heterocycles. The van der Waals surface area contributed by atoms with Gasteiger partial charge in [0.2, 0.25) is 5.91 Å². The molecule has 0 heterocycles. The van der Waals surface area contributed by atoms with Gasteiger partial charge in [-0.2, -0.15) is 0 Å². The predicted octanol–water partition coefficient (Wildman–Crippen LogP) is 3.86. The third-order valence-electron chi connectivity index (χ3n) is 4.11. The zero-order valence-corrected chi connectivity index (χ0v) is 17.0. The van der Waals surface area contributed by atoms with Crippen molar-refractivity contribution in [3.8, 4) is 0 Å². The summed E-state index contributed by atoms with van der Waals surface area (Å²) in [5.74, 6) is -0.276. The van der Waals surface area contributed by atoms with Crippen molar-refractivity contribution in [2.24, 2.45) is 0 Å². The molecule has 0 aromatic heterocycles. The standard InChI is InChI=1S/C21H25BrN2O3/c1-2-3-11-24(12-13-25)21(27)17-5-4-6-19(15-17)23-20(26)14-16-7-9-18(22)10-8-16/h4-10,15,25H,2-3,11-14H2,1H3,(H,23,26). The number of rotatable bonds is 9. The fraction of sp³-hybridized carbons (Fsp3) is 0.333. The average molecular weight is 433 g/mol. The fourth-order valence-electron chi connectivity index (χ4n) is 2.69. The van der Waals surface area contributed by atoms with Gasteiger partial charge in [-0.15, -0.1) is 0 Å². The summed E-state index contributed by atoms with van der Waals surface area (Å²) in [5.41, 5.74) is 2.00. The number of amides is 2. The van der Waals surface area contributed by atoms with E-state index in [1.807, 2.05) is 24.3 Å². The Morgan fingerprint density at radius 2 is 1.85 bits per heavy atom. The molecule has 2 aromatic carbocycles. The van der Waals surface area contributed by atoms with Gasteiger partial charge in [-0.1, -0.05) is 47.5 Å². The average Bonchev–Trinajstić information content (AvgIpc) is 2.66. The van der Waals surface area contributed by atoms with Crippen LogP contribution in [0.2, 0.25) is 0 Å². The Labute approximate surface area is 168 Å². The Kier molecular flexibility index (Phi) is 8.48. The molecule has 2 N–H and O–H groups in total. The van der Waals surface area contributed by atoms with Gasteiger partial charge in [0.25, 0.3) is 5.91 Å². The zero-order valence-electron chi connectivity index (χ0n) is 15.5. The quantitative estimate of drug-likeness (QED) is 0.631. The lowest BCUT2D eigenvalue weighted by atomic mass is 10.1. The van der Waals surface area contributed by atoms with Crippen molar-refractivity contribution >= 4 is 33.4 Å². The largest absolute Gasteiger partial charge is 0.395 e. The third kappa shape index (κ3) is 6.81. The van der Waals surface area contributed by atoms with Crippen LogP contribution in [0.5, 0.6) is 0 Å². The molecule has 2 aromatic rings. The summed E-state index contributed by atoms with van der Waals surface area (Å²) in [6.07, 6.45) is 2.12. The van der Waals surface area contributed by atoms with Crippen LogP contribution in [0.25, 0.3) is 0 Å². The number of unbranched alkanes of at least 4 members (excludes halogenated alkanes) is 1. The summed E-state index contributed by atoms with van der Waals surface area (Å²) in [5, 5.41) is 12.1. The molecule has 0 saturated heterocycles. The molecule has 0 unspecified atom stereocenters. The first-order valence-corrected chi connectivity index (χ1v) is 9.87. The number of aliphatic hydroxyl groups excluding tert-OH is 1. The topological polar surface area (TPSA) is 69.6 Å². The van der Waals surface area contributed by atoms with E-state index in [0.717, 1.165) is 22.9 Å². The van der Waals surface area contributed by atoms with E-state index in [2.05, 4.69) is 28.2 Å². The zero-order chi connectivity index (χ0) is 19.6. The van der Waals surface area contributed by atoms with Crippen molar-refractivity contribution in [2.75, 3.05) is 25.0 Å². The highest BCUT2D eigenvalue weighted by Crippen LogP contribution is 2.15. The molecule has 2 amide bonds. The second-order valence-electron chi connectivity index (χ2n) is 6.30. The lowest BCUT2D eigenvalue weighted by Gasteiger charge is -2.22. The van der Waals surface area contributed by atoms with Crippen LogP contribution in [0.15, 0.2) is 53.0 Å². The number of nitrogens with zero attached hydrogens (tertiary/aromatic N) is 1. The molecule has 2 rings (SSSR count). The van der Waals surface area contributed by atoms with Gasteiger partial charge < -0.3 is 15.3 Å². The molecular weight excluding hydrogens is 408 g/mol. The minimum Gasteiger partial charge on any atom is -0.395 e. The molecular formula is C21H25BrN2O3. The van der Waals surface area contributed by atoms with Crippen LogP contribution in [0.1, 0.15) is 35.7 Å². The van der Waals surface area contributed by atoms with Crippen molar-refractivity contribution in [1.82, 2.24) is 4.90 Å². The van der Waals surface area contributed by atoms with Crippen LogP contribution in [0.3, 0.4) is 0 Å². The van der Waals surface area contributed by atoms with Gasteiger partial charge in [-0.05, 0) is 42.3 Å². The molecule has 0 atom stereocenters. The first-order valence-electron chi connectivity index (χ1n) is 9.08. The van der Waals surface area contributed by atoms with E-state index in [1.54, 1.807) is 29.2 Å². The number of nitrogens with one attached hydrogen (secondary N) is 1. The van der Waals surface area contributed by atoms with Crippen LogP contribution >= 0.6 is 15.9 Å². The Hall–Kier alpha value is -2.18. The summed E-state index contributed by atoms with van der Waals surface area (Å²) in [6.45, 7) is 2.90. The second kappa shape index (κ2) is 10.8. The first kappa shape index (κ1) is 21.1. The van der Waals surface area contributed by atoms with Crippen molar-refractivity contribution in [3.63, 3.8) is 0 Å². The van der Waals surface area contributed by atoms with Gasteiger partial charge in [0.05, 0.1) is 13.0 Å². The van der Waals surface area contributed by atoms with Gasteiger partial charge >= 0.3 is 0 Å². The molecule has 6 heteroatoms. The highest BCUT2D eigenvalue weighted by Gasteiger charge is 2.15. The molecule has 27 heavy (non-hydrogen) atoms. The molecule has 0 radical (unpaired) electrons. The number of hydrogen-bond acceptors (Lipinski definition) is 3. The summed E-state index contributed by atoms with van der Waals surface area (Å²) < 4.78 is 0.966. The van der Waals surface area contributed by atoms with Crippen molar-refractivity contribution < 1.29 is 14.7 Å².